The molecule has 0 aliphatic heterocycles. The zero-order valence-corrected chi connectivity index (χ0v) is 6.46. The van der Waals surface area contributed by atoms with Crippen molar-refractivity contribution < 1.29 is 8.78 Å². The number of rotatable bonds is 0. The molecule has 2 aromatic rings. The molecule has 2 aromatic heterocycles. The summed E-state index contributed by atoms with van der Waals surface area (Å²) < 4.78 is 27.0. The fraction of sp³-hybridized carbons (Fsp3) is 0. The molecule has 4 heteroatoms. The Morgan fingerprint density at radius 2 is 2.15 bits per heavy atom. The van der Waals surface area contributed by atoms with E-state index in [2.05, 4.69) is 0 Å². The van der Waals surface area contributed by atoms with Gasteiger partial charge in [0.1, 0.15) is 11.6 Å². The topological polar surface area (TPSA) is 28.2 Å². The second-order valence-corrected chi connectivity index (χ2v) is 2.57. The Bertz CT molecular complexity index is 508. The minimum absolute atomic E-state index is 0.0116. The van der Waals surface area contributed by atoms with E-state index in [-0.39, 0.29) is 11.1 Å². The first-order valence-corrected chi connectivity index (χ1v) is 3.59. The summed E-state index contributed by atoms with van der Waals surface area (Å²) in [5.74, 6) is -1.42. The summed E-state index contributed by atoms with van der Waals surface area (Å²) in [5.41, 5.74) is 0.117. The van der Waals surface area contributed by atoms with Gasteiger partial charge in [0.15, 0.2) is 5.82 Å². The average molecular weight is 178 g/mol. The van der Waals surface area contributed by atoms with Crippen LogP contribution in [0, 0.1) is 23.1 Å². The smallest absolute Gasteiger partial charge is 0.201 e. The van der Waals surface area contributed by atoms with Crippen molar-refractivity contribution in [1.29, 1.82) is 5.26 Å². The lowest BCUT2D eigenvalue weighted by molar-refractivity contribution is 0.569. The maximum atomic E-state index is 13.0. The minimum Gasteiger partial charge on any atom is -0.289 e. The van der Waals surface area contributed by atoms with Gasteiger partial charge in [-0.3, -0.25) is 4.40 Å². The lowest BCUT2D eigenvalue weighted by Crippen LogP contribution is -1.89. The van der Waals surface area contributed by atoms with Gasteiger partial charge in [0.05, 0.1) is 5.56 Å². The summed E-state index contributed by atoms with van der Waals surface area (Å²) in [7, 11) is 0. The molecule has 0 unspecified atom stereocenters. The van der Waals surface area contributed by atoms with Crippen molar-refractivity contribution in [3.05, 3.63) is 41.7 Å². The molecular formula is C9H4F2N2. The first kappa shape index (κ1) is 7.74. The van der Waals surface area contributed by atoms with Gasteiger partial charge in [0, 0.05) is 12.3 Å². The Hall–Kier alpha value is -1.89. The molecule has 0 bridgehead atoms. The first-order valence-electron chi connectivity index (χ1n) is 3.59. The van der Waals surface area contributed by atoms with Crippen LogP contribution in [0.1, 0.15) is 5.56 Å². The van der Waals surface area contributed by atoms with Crippen molar-refractivity contribution in [2.24, 2.45) is 0 Å². The lowest BCUT2D eigenvalue weighted by atomic mass is 10.2. The Morgan fingerprint density at radius 1 is 1.38 bits per heavy atom. The number of halogens is 2. The average Bonchev–Trinajstić information content (AvgIpc) is 2.43. The van der Waals surface area contributed by atoms with Gasteiger partial charge >= 0.3 is 0 Å². The van der Waals surface area contributed by atoms with E-state index in [1.165, 1.54) is 18.3 Å². The standard InChI is InChI=1S/C9H4F2N2/c10-7-4-8(11)13-3-1-2-6(5-12)9(7)13/h1-4H. The molecule has 0 spiro atoms. The SMILES string of the molecule is N#Cc1cccn2c(F)cc(F)c12. The van der Waals surface area contributed by atoms with E-state index in [1.54, 1.807) is 6.07 Å². The van der Waals surface area contributed by atoms with Crippen LogP contribution in [0.2, 0.25) is 0 Å². The fourth-order valence-corrected chi connectivity index (χ4v) is 1.26. The normalized spacial score (nSPS) is 10.2. The van der Waals surface area contributed by atoms with E-state index in [0.717, 1.165) is 10.5 Å². The molecule has 64 valence electrons. The molecule has 0 aliphatic rings. The highest BCUT2D eigenvalue weighted by Gasteiger charge is 2.11. The highest BCUT2D eigenvalue weighted by Crippen LogP contribution is 2.17. The molecule has 0 aliphatic carbocycles. The van der Waals surface area contributed by atoms with Crippen LogP contribution in [-0.2, 0) is 0 Å². The molecule has 0 saturated carbocycles. The maximum Gasteiger partial charge on any atom is 0.201 e. The minimum atomic E-state index is -0.713. The van der Waals surface area contributed by atoms with E-state index in [4.69, 9.17) is 5.26 Å². The van der Waals surface area contributed by atoms with E-state index in [1.807, 2.05) is 0 Å². The van der Waals surface area contributed by atoms with Crippen LogP contribution in [0.5, 0.6) is 0 Å². The first-order chi connectivity index (χ1) is 6.24. The van der Waals surface area contributed by atoms with Gasteiger partial charge in [-0.1, -0.05) is 0 Å². The van der Waals surface area contributed by atoms with Crippen LogP contribution in [0.4, 0.5) is 8.78 Å². The molecule has 0 N–H and O–H groups in total. The summed E-state index contributed by atoms with van der Waals surface area (Å²) >= 11 is 0. The van der Waals surface area contributed by atoms with Gasteiger partial charge < -0.3 is 0 Å². The molecule has 0 saturated heterocycles. The Morgan fingerprint density at radius 3 is 2.85 bits per heavy atom. The molecule has 2 nitrogen and oxygen atoms in total. The van der Waals surface area contributed by atoms with Gasteiger partial charge in [-0.15, -0.1) is 0 Å². The van der Waals surface area contributed by atoms with Crippen molar-refractivity contribution in [2.45, 2.75) is 0 Å². The number of hydrogen-bond acceptors (Lipinski definition) is 1. The third kappa shape index (κ3) is 0.975. The highest BCUT2D eigenvalue weighted by molar-refractivity contribution is 5.62. The summed E-state index contributed by atoms with van der Waals surface area (Å²) in [4.78, 5) is 0. The second kappa shape index (κ2) is 2.56. The number of pyridine rings is 1. The predicted octanol–water partition coefficient (Wildman–Crippen LogP) is 2.09. The molecular weight excluding hydrogens is 174 g/mol. The zero-order chi connectivity index (χ0) is 9.42. The van der Waals surface area contributed by atoms with Crippen LogP contribution in [0.3, 0.4) is 0 Å². The summed E-state index contributed by atoms with van der Waals surface area (Å²) in [6, 6.07) is 5.49. The van der Waals surface area contributed by atoms with Crippen molar-refractivity contribution >= 4 is 5.52 Å². The van der Waals surface area contributed by atoms with Gasteiger partial charge in [0.25, 0.3) is 0 Å². The third-order valence-corrected chi connectivity index (χ3v) is 1.82. The molecule has 2 rings (SSSR count). The quantitative estimate of drug-likeness (QED) is 0.607. The van der Waals surface area contributed by atoms with E-state index in [0.29, 0.717) is 0 Å². The monoisotopic (exact) mass is 178 g/mol. The largest absolute Gasteiger partial charge is 0.289 e. The number of nitrogens with zero attached hydrogens (tertiary/aromatic N) is 2. The van der Waals surface area contributed by atoms with Crippen LogP contribution in [0.25, 0.3) is 5.52 Å². The Labute approximate surface area is 72.6 Å². The number of aromatic nitrogens is 1. The molecule has 0 aromatic carbocycles. The van der Waals surface area contributed by atoms with Crippen LogP contribution < -0.4 is 0 Å². The lowest BCUT2D eigenvalue weighted by Gasteiger charge is -1.95. The van der Waals surface area contributed by atoms with E-state index >= 15 is 0 Å². The molecule has 0 amide bonds. The van der Waals surface area contributed by atoms with Gasteiger partial charge in [-0.2, -0.15) is 9.65 Å². The number of fused-ring (bicyclic) bond motifs is 1. The molecule has 0 fully saturated rings. The van der Waals surface area contributed by atoms with Crippen LogP contribution in [-0.4, -0.2) is 4.40 Å². The summed E-state index contributed by atoms with van der Waals surface area (Å²) in [6.07, 6.45) is 1.37. The number of nitriles is 1. The van der Waals surface area contributed by atoms with E-state index in [9.17, 15) is 8.78 Å². The second-order valence-electron chi connectivity index (χ2n) is 2.57. The summed E-state index contributed by atoms with van der Waals surface area (Å²) in [5, 5.41) is 8.62. The van der Waals surface area contributed by atoms with E-state index < -0.39 is 11.8 Å². The van der Waals surface area contributed by atoms with Crippen LogP contribution >= 0.6 is 0 Å². The zero-order valence-electron chi connectivity index (χ0n) is 6.46. The fourth-order valence-electron chi connectivity index (χ4n) is 1.26. The molecule has 13 heavy (non-hydrogen) atoms. The highest BCUT2D eigenvalue weighted by atomic mass is 19.1. The van der Waals surface area contributed by atoms with Crippen molar-refractivity contribution in [2.75, 3.05) is 0 Å². The maximum absolute atomic E-state index is 13.0. The number of hydrogen-bond donors (Lipinski definition) is 0. The van der Waals surface area contributed by atoms with Gasteiger partial charge in [0.2, 0.25) is 5.95 Å². The van der Waals surface area contributed by atoms with Crippen molar-refractivity contribution in [1.82, 2.24) is 4.40 Å². The van der Waals surface area contributed by atoms with Gasteiger partial charge in [-0.25, -0.2) is 4.39 Å². The van der Waals surface area contributed by atoms with Crippen molar-refractivity contribution in [3.8, 4) is 6.07 Å². The summed E-state index contributed by atoms with van der Waals surface area (Å²) in [6.45, 7) is 0. The Balaban J connectivity index is 2.99. The molecule has 2 heterocycles. The molecule has 0 radical (unpaired) electrons. The molecule has 0 atom stereocenters. The van der Waals surface area contributed by atoms with Crippen molar-refractivity contribution in [3.63, 3.8) is 0 Å². The predicted molar refractivity (Wildman–Crippen MR) is 42.0 cm³/mol. The van der Waals surface area contributed by atoms with Gasteiger partial charge in [-0.05, 0) is 12.1 Å². The van der Waals surface area contributed by atoms with Crippen LogP contribution in [0.15, 0.2) is 24.4 Å². The third-order valence-electron chi connectivity index (χ3n) is 1.82. The Kier molecular flexibility index (Phi) is 1.52.